The highest BCUT2D eigenvalue weighted by molar-refractivity contribution is 6.30. The summed E-state index contributed by atoms with van der Waals surface area (Å²) >= 11 is 6.02. The number of benzene rings is 2. The Hall–Kier alpha value is -1.55. The van der Waals surface area contributed by atoms with Crippen LogP contribution >= 0.6 is 11.6 Å². The molecule has 3 rings (SSSR count). The molecule has 1 aliphatic carbocycles. The maximum atomic E-state index is 10.7. The fraction of sp³-hybridized carbons (Fsp3) is 0.429. The van der Waals surface area contributed by atoms with Crippen LogP contribution in [0.25, 0.3) is 0 Å². The van der Waals surface area contributed by atoms with Gasteiger partial charge in [-0.15, -0.1) is 0 Å². The Balaban J connectivity index is 1.61. The average molecular weight is 360 g/mol. The SMILES string of the molecule is Cc1cccc(CN[C@H]2CCC[C@@H](Oc3cccc(Cl)c3)[C@@H]2O)c1C. The molecule has 0 heterocycles. The van der Waals surface area contributed by atoms with Crippen LogP contribution in [0.15, 0.2) is 42.5 Å². The first kappa shape index (κ1) is 18.2. The zero-order chi connectivity index (χ0) is 17.8. The number of nitrogens with one attached hydrogen (secondary N) is 1. The highest BCUT2D eigenvalue weighted by atomic mass is 35.5. The number of hydrogen-bond acceptors (Lipinski definition) is 3. The van der Waals surface area contributed by atoms with Crippen LogP contribution in [-0.4, -0.2) is 23.4 Å². The van der Waals surface area contributed by atoms with E-state index in [9.17, 15) is 5.11 Å². The maximum absolute atomic E-state index is 10.7. The summed E-state index contributed by atoms with van der Waals surface area (Å²) < 4.78 is 6.00. The molecule has 3 atom stereocenters. The molecule has 4 heteroatoms. The van der Waals surface area contributed by atoms with Crippen LogP contribution < -0.4 is 10.1 Å². The molecular formula is C21H26ClNO2. The van der Waals surface area contributed by atoms with E-state index in [2.05, 4.69) is 37.4 Å². The van der Waals surface area contributed by atoms with Gasteiger partial charge in [-0.25, -0.2) is 0 Å². The van der Waals surface area contributed by atoms with Crippen LogP contribution in [0, 0.1) is 13.8 Å². The number of aryl methyl sites for hydroxylation is 1. The molecule has 0 spiro atoms. The highest BCUT2D eigenvalue weighted by Crippen LogP contribution is 2.26. The van der Waals surface area contributed by atoms with Crippen molar-refractivity contribution in [3.63, 3.8) is 0 Å². The summed E-state index contributed by atoms with van der Waals surface area (Å²) in [6.45, 7) is 5.04. The number of rotatable bonds is 5. The van der Waals surface area contributed by atoms with Crippen LogP contribution in [0.5, 0.6) is 5.75 Å². The largest absolute Gasteiger partial charge is 0.488 e. The first-order valence-electron chi connectivity index (χ1n) is 8.93. The lowest BCUT2D eigenvalue weighted by Crippen LogP contribution is -2.51. The predicted octanol–water partition coefficient (Wildman–Crippen LogP) is 4.41. The smallest absolute Gasteiger partial charge is 0.126 e. The van der Waals surface area contributed by atoms with Crippen molar-refractivity contribution in [2.75, 3.05) is 0 Å². The number of ether oxygens (including phenoxy) is 1. The summed E-state index contributed by atoms with van der Waals surface area (Å²) in [5, 5.41) is 14.9. The van der Waals surface area contributed by atoms with Gasteiger partial charge in [-0.05, 0) is 68.0 Å². The molecule has 0 radical (unpaired) electrons. The fourth-order valence-corrected chi connectivity index (χ4v) is 3.63. The van der Waals surface area contributed by atoms with Crippen molar-refractivity contribution in [1.29, 1.82) is 0 Å². The third-order valence-electron chi connectivity index (χ3n) is 5.15. The zero-order valence-corrected chi connectivity index (χ0v) is 15.6. The lowest BCUT2D eigenvalue weighted by Gasteiger charge is -2.35. The Kier molecular flexibility index (Phi) is 6.00. The Bertz CT molecular complexity index is 719. The molecule has 25 heavy (non-hydrogen) atoms. The molecule has 1 aliphatic rings. The number of halogens is 1. The Morgan fingerprint density at radius 2 is 1.96 bits per heavy atom. The van der Waals surface area contributed by atoms with Crippen molar-refractivity contribution >= 4 is 11.6 Å². The molecule has 0 saturated heterocycles. The lowest BCUT2D eigenvalue weighted by atomic mass is 9.89. The molecule has 0 unspecified atom stereocenters. The van der Waals surface area contributed by atoms with Gasteiger partial charge in [0.15, 0.2) is 0 Å². The molecule has 0 bridgehead atoms. The predicted molar refractivity (Wildman–Crippen MR) is 102 cm³/mol. The van der Waals surface area contributed by atoms with E-state index in [1.54, 1.807) is 6.07 Å². The number of aliphatic hydroxyl groups is 1. The maximum Gasteiger partial charge on any atom is 0.126 e. The van der Waals surface area contributed by atoms with Crippen molar-refractivity contribution in [1.82, 2.24) is 5.32 Å². The van der Waals surface area contributed by atoms with Crippen molar-refractivity contribution in [3.8, 4) is 5.75 Å². The molecular weight excluding hydrogens is 334 g/mol. The van der Waals surface area contributed by atoms with E-state index in [4.69, 9.17) is 16.3 Å². The molecule has 2 aromatic rings. The minimum atomic E-state index is -0.530. The first-order valence-corrected chi connectivity index (χ1v) is 9.31. The van der Waals surface area contributed by atoms with Gasteiger partial charge in [-0.1, -0.05) is 35.9 Å². The summed E-state index contributed by atoms with van der Waals surface area (Å²) in [5.74, 6) is 0.715. The molecule has 0 amide bonds. The van der Waals surface area contributed by atoms with E-state index >= 15 is 0 Å². The quantitative estimate of drug-likeness (QED) is 0.831. The van der Waals surface area contributed by atoms with Crippen molar-refractivity contribution in [2.45, 2.75) is 57.9 Å². The summed E-state index contributed by atoms with van der Waals surface area (Å²) in [7, 11) is 0. The second kappa shape index (κ2) is 8.22. The molecule has 1 fully saturated rings. The summed E-state index contributed by atoms with van der Waals surface area (Å²) in [4.78, 5) is 0. The van der Waals surface area contributed by atoms with Gasteiger partial charge in [0, 0.05) is 17.6 Å². The van der Waals surface area contributed by atoms with Gasteiger partial charge in [0.2, 0.25) is 0 Å². The zero-order valence-electron chi connectivity index (χ0n) is 14.8. The standard InChI is InChI=1S/C21H26ClNO2/c1-14-6-3-7-16(15(14)2)13-23-19-10-5-11-20(21(19)24)25-18-9-4-8-17(22)12-18/h3-4,6-9,12,19-21,23-24H,5,10-11,13H2,1-2H3/t19-,20+,21+/m0/s1. The third kappa shape index (κ3) is 4.55. The van der Waals surface area contributed by atoms with Crippen LogP contribution in [-0.2, 0) is 6.54 Å². The molecule has 0 aliphatic heterocycles. The second-order valence-electron chi connectivity index (χ2n) is 6.88. The molecule has 1 saturated carbocycles. The molecule has 3 nitrogen and oxygen atoms in total. The first-order chi connectivity index (χ1) is 12.0. The summed E-state index contributed by atoms with van der Waals surface area (Å²) in [6, 6.07) is 13.8. The van der Waals surface area contributed by atoms with Crippen molar-refractivity contribution < 1.29 is 9.84 Å². The Morgan fingerprint density at radius 1 is 1.16 bits per heavy atom. The van der Waals surface area contributed by atoms with Gasteiger partial charge >= 0.3 is 0 Å². The van der Waals surface area contributed by atoms with Crippen molar-refractivity contribution in [2.24, 2.45) is 0 Å². The summed E-state index contributed by atoms with van der Waals surface area (Å²) in [6.07, 6.45) is 2.12. The monoisotopic (exact) mass is 359 g/mol. The molecule has 2 N–H and O–H groups in total. The van der Waals surface area contributed by atoms with Crippen LogP contribution in [0.2, 0.25) is 5.02 Å². The Morgan fingerprint density at radius 3 is 2.76 bits per heavy atom. The van der Waals surface area contributed by atoms with E-state index in [0.717, 1.165) is 25.8 Å². The highest BCUT2D eigenvalue weighted by Gasteiger charge is 2.33. The van der Waals surface area contributed by atoms with Gasteiger partial charge in [-0.2, -0.15) is 0 Å². The number of hydrogen-bond donors (Lipinski definition) is 2. The van der Waals surface area contributed by atoms with E-state index in [1.807, 2.05) is 18.2 Å². The van der Waals surface area contributed by atoms with Crippen LogP contribution in [0.1, 0.15) is 36.0 Å². The van der Waals surface area contributed by atoms with Gasteiger partial charge in [0.05, 0.1) is 0 Å². The van der Waals surface area contributed by atoms with E-state index in [0.29, 0.717) is 10.8 Å². The fourth-order valence-electron chi connectivity index (χ4n) is 3.45. The minimum Gasteiger partial charge on any atom is -0.488 e. The van der Waals surface area contributed by atoms with E-state index in [-0.39, 0.29) is 12.1 Å². The molecule has 0 aromatic heterocycles. The van der Waals surface area contributed by atoms with Gasteiger partial charge in [0.1, 0.15) is 18.0 Å². The second-order valence-corrected chi connectivity index (χ2v) is 7.32. The average Bonchev–Trinajstić information content (AvgIpc) is 2.59. The van der Waals surface area contributed by atoms with E-state index < -0.39 is 6.10 Å². The normalized spacial score (nSPS) is 23.4. The van der Waals surface area contributed by atoms with Gasteiger partial charge in [-0.3, -0.25) is 0 Å². The molecule has 134 valence electrons. The van der Waals surface area contributed by atoms with Crippen LogP contribution in [0.4, 0.5) is 0 Å². The third-order valence-corrected chi connectivity index (χ3v) is 5.39. The lowest BCUT2D eigenvalue weighted by molar-refractivity contribution is -0.0157. The molecule has 2 aromatic carbocycles. The summed E-state index contributed by atoms with van der Waals surface area (Å²) in [5.41, 5.74) is 3.89. The minimum absolute atomic E-state index is 0.0397. The van der Waals surface area contributed by atoms with Crippen LogP contribution in [0.3, 0.4) is 0 Å². The number of aliphatic hydroxyl groups excluding tert-OH is 1. The topological polar surface area (TPSA) is 41.5 Å². The van der Waals surface area contributed by atoms with Crippen molar-refractivity contribution in [3.05, 3.63) is 64.2 Å². The Labute approximate surface area is 155 Å². The van der Waals surface area contributed by atoms with Gasteiger partial charge in [0.25, 0.3) is 0 Å². The van der Waals surface area contributed by atoms with E-state index in [1.165, 1.54) is 16.7 Å². The van der Waals surface area contributed by atoms with Gasteiger partial charge < -0.3 is 15.2 Å².